The summed E-state index contributed by atoms with van der Waals surface area (Å²) in [6, 6.07) is 10.3. The van der Waals surface area contributed by atoms with Crippen molar-refractivity contribution in [2.45, 2.75) is 31.8 Å². The number of nitriles is 1. The van der Waals surface area contributed by atoms with E-state index in [2.05, 4.69) is 22.9 Å². The third kappa shape index (κ3) is 1.92. The fourth-order valence-corrected chi connectivity index (χ4v) is 3.01. The lowest BCUT2D eigenvalue weighted by atomic mass is 10.1. The predicted molar refractivity (Wildman–Crippen MR) is 77.5 cm³/mol. The molecule has 1 fully saturated rings. The van der Waals surface area contributed by atoms with E-state index < -0.39 is 0 Å². The number of anilines is 1. The lowest BCUT2D eigenvalue weighted by Crippen LogP contribution is -2.35. The molecule has 2 aromatic rings. The van der Waals surface area contributed by atoms with Gasteiger partial charge in [0.15, 0.2) is 0 Å². The van der Waals surface area contributed by atoms with Gasteiger partial charge in [0, 0.05) is 23.3 Å². The van der Waals surface area contributed by atoms with Crippen LogP contribution in [0.2, 0.25) is 0 Å². The molecule has 0 bridgehead atoms. The first kappa shape index (κ1) is 12.6. The molecule has 1 aliphatic rings. The fraction of sp³-hybridized carbons (Fsp3) is 0.312. The second-order valence-electron chi connectivity index (χ2n) is 5.21. The Kier molecular flexibility index (Phi) is 3.11. The summed E-state index contributed by atoms with van der Waals surface area (Å²) in [7, 11) is 0. The van der Waals surface area contributed by atoms with Crippen molar-refractivity contribution >= 4 is 22.7 Å². The second-order valence-corrected chi connectivity index (χ2v) is 5.21. The normalized spacial score (nSPS) is 21.9. The smallest absolute Gasteiger partial charge is 0.148 e. The summed E-state index contributed by atoms with van der Waals surface area (Å²) >= 11 is 0. The van der Waals surface area contributed by atoms with Crippen molar-refractivity contribution < 1.29 is 4.79 Å². The number of carbonyl (C=O) groups is 1. The topological polar surface area (TPSA) is 57.0 Å². The molecule has 20 heavy (non-hydrogen) atoms. The van der Waals surface area contributed by atoms with Gasteiger partial charge in [0.1, 0.15) is 18.0 Å². The highest BCUT2D eigenvalue weighted by atomic mass is 16.1. The Bertz CT molecular complexity index is 704. The molecule has 4 nitrogen and oxygen atoms in total. The highest BCUT2D eigenvalue weighted by Crippen LogP contribution is 2.32. The van der Waals surface area contributed by atoms with Gasteiger partial charge in [0.25, 0.3) is 0 Å². The van der Waals surface area contributed by atoms with Gasteiger partial charge in [-0.05, 0) is 49.4 Å². The lowest BCUT2D eigenvalue weighted by Gasteiger charge is -2.28. The van der Waals surface area contributed by atoms with Gasteiger partial charge < -0.3 is 9.69 Å². The van der Waals surface area contributed by atoms with E-state index in [4.69, 9.17) is 5.26 Å². The molecule has 100 valence electrons. The van der Waals surface area contributed by atoms with Crippen LogP contribution >= 0.6 is 0 Å². The van der Waals surface area contributed by atoms with Gasteiger partial charge in [-0.2, -0.15) is 5.26 Å². The molecule has 0 saturated carbocycles. The van der Waals surface area contributed by atoms with Crippen molar-refractivity contribution in [2.75, 3.05) is 4.90 Å². The van der Waals surface area contributed by atoms with Crippen molar-refractivity contribution in [3.05, 3.63) is 36.2 Å². The number of carbonyl (C=O) groups excluding carboxylic acids is 1. The molecular formula is C16H15N3O. The number of fused-ring (bicyclic) bond motifs is 1. The zero-order valence-corrected chi connectivity index (χ0v) is 11.3. The van der Waals surface area contributed by atoms with Crippen LogP contribution in [0.25, 0.3) is 10.8 Å². The van der Waals surface area contributed by atoms with Gasteiger partial charge in [0.05, 0.1) is 6.04 Å². The zero-order valence-electron chi connectivity index (χ0n) is 11.3. The molecule has 0 unspecified atom stereocenters. The van der Waals surface area contributed by atoms with Gasteiger partial charge >= 0.3 is 0 Å². The molecule has 2 atom stereocenters. The summed E-state index contributed by atoms with van der Waals surface area (Å²) in [6.45, 7) is 2.14. The van der Waals surface area contributed by atoms with E-state index in [9.17, 15) is 4.79 Å². The average molecular weight is 265 g/mol. The molecule has 4 heteroatoms. The SMILES string of the molecule is C[C@H]1CC[C@@H](C=O)N1c1ccc2c(C#N)nccc2c1. The van der Waals surface area contributed by atoms with Crippen LogP contribution in [0, 0.1) is 11.3 Å². The number of hydrogen-bond acceptors (Lipinski definition) is 4. The van der Waals surface area contributed by atoms with Gasteiger partial charge in [-0.15, -0.1) is 0 Å². The van der Waals surface area contributed by atoms with Gasteiger partial charge in [-0.1, -0.05) is 0 Å². The molecule has 0 spiro atoms. The minimum atomic E-state index is -0.0419. The average Bonchev–Trinajstić information content (AvgIpc) is 2.86. The summed E-state index contributed by atoms with van der Waals surface area (Å²) in [6.07, 6.45) is 4.61. The third-order valence-corrected chi connectivity index (χ3v) is 4.02. The fourth-order valence-electron chi connectivity index (χ4n) is 3.01. The molecule has 3 rings (SSSR count). The monoisotopic (exact) mass is 265 g/mol. The van der Waals surface area contributed by atoms with Gasteiger partial charge in [-0.3, -0.25) is 0 Å². The summed E-state index contributed by atoms with van der Waals surface area (Å²) < 4.78 is 0. The van der Waals surface area contributed by atoms with Crippen molar-refractivity contribution in [3.63, 3.8) is 0 Å². The zero-order chi connectivity index (χ0) is 14.1. The standard InChI is InChI=1S/C16H15N3O/c1-11-2-3-14(10-20)19(11)13-4-5-15-12(8-13)6-7-18-16(15)9-17/h4-8,10-11,14H,2-3H2,1H3/t11-,14-/m0/s1. The molecule has 0 aliphatic carbocycles. The van der Waals surface area contributed by atoms with Crippen LogP contribution in [-0.2, 0) is 4.79 Å². The molecule has 2 heterocycles. The molecule has 0 amide bonds. The molecule has 1 aliphatic heterocycles. The number of aldehydes is 1. The van der Waals surface area contributed by atoms with Crippen LogP contribution in [0.1, 0.15) is 25.5 Å². The van der Waals surface area contributed by atoms with Crippen LogP contribution in [0.5, 0.6) is 0 Å². The second kappa shape index (κ2) is 4.93. The first-order valence-corrected chi connectivity index (χ1v) is 6.77. The molecular weight excluding hydrogens is 250 g/mol. The maximum atomic E-state index is 11.2. The van der Waals surface area contributed by atoms with Crippen LogP contribution in [0.3, 0.4) is 0 Å². The van der Waals surface area contributed by atoms with Crippen LogP contribution < -0.4 is 4.90 Å². The highest BCUT2D eigenvalue weighted by molar-refractivity contribution is 5.89. The van der Waals surface area contributed by atoms with E-state index >= 15 is 0 Å². The highest BCUT2D eigenvalue weighted by Gasteiger charge is 2.30. The first-order valence-electron chi connectivity index (χ1n) is 6.77. The van der Waals surface area contributed by atoms with E-state index in [0.717, 1.165) is 35.6 Å². The quantitative estimate of drug-likeness (QED) is 0.783. The lowest BCUT2D eigenvalue weighted by molar-refractivity contribution is -0.108. The minimum Gasteiger partial charge on any atom is -0.359 e. The molecule has 1 aromatic carbocycles. The summed E-state index contributed by atoms with van der Waals surface area (Å²) in [5, 5.41) is 10.9. The number of aromatic nitrogens is 1. The van der Waals surface area contributed by atoms with E-state index in [1.54, 1.807) is 6.20 Å². The van der Waals surface area contributed by atoms with E-state index in [1.807, 2.05) is 24.3 Å². The van der Waals surface area contributed by atoms with Crippen LogP contribution in [-0.4, -0.2) is 23.4 Å². The Balaban J connectivity index is 2.10. The molecule has 1 saturated heterocycles. The number of pyridine rings is 1. The van der Waals surface area contributed by atoms with Gasteiger partial charge in [0.2, 0.25) is 0 Å². The van der Waals surface area contributed by atoms with Crippen molar-refractivity contribution in [2.24, 2.45) is 0 Å². The number of hydrogen-bond donors (Lipinski definition) is 0. The number of nitrogens with zero attached hydrogens (tertiary/aromatic N) is 3. The maximum Gasteiger partial charge on any atom is 0.148 e. The Morgan fingerprint density at radius 3 is 3.00 bits per heavy atom. The summed E-state index contributed by atoms with van der Waals surface area (Å²) in [5.74, 6) is 0. The van der Waals surface area contributed by atoms with Crippen molar-refractivity contribution in [1.29, 1.82) is 5.26 Å². The van der Waals surface area contributed by atoms with Crippen LogP contribution in [0.15, 0.2) is 30.5 Å². The predicted octanol–water partition coefficient (Wildman–Crippen LogP) is 2.66. The summed E-state index contributed by atoms with van der Waals surface area (Å²) in [5.41, 5.74) is 1.48. The maximum absolute atomic E-state index is 11.2. The van der Waals surface area contributed by atoms with Crippen molar-refractivity contribution in [3.8, 4) is 6.07 Å². The Hall–Kier alpha value is -2.41. The number of rotatable bonds is 2. The Morgan fingerprint density at radius 1 is 1.40 bits per heavy atom. The Labute approximate surface area is 117 Å². The third-order valence-electron chi connectivity index (χ3n) is 4.02. The Morgan fingerprint density at radius 2 is 2.25 bits per heavy atom. The van der Waals surface area contributed by atoms with E-state index in [0.29, 0.717) is 11.7 Å². The molecule has 0 radical (unpaired) electrons. The summed E-state index contributed by atoms with van der Waals surface area (Å²) in [4.78, 5) is 17.4. The van der Waals surface area contributed by atoms with E-state index in [1.165, 1.54) is 0 Å². The number of benzene rings is 1. The molecule has 1 aromatic heterocycles. The van der Waals surface area contributed by atoms with E-state index in [-0.39, 0.29) is 6.04 Å². The first-order chi connectivity index (χ1) is 9.74. The van der Waals surface area contributed by atoms with Gasteiger partial charge in [-0.25, -0.2) is 4.98 Å². The largest absolute Gasteiger partial charge is 0.359 e. The minimum absolute atomic E-state index is 0.0419. The van der Waals surface area contributed by atoms with Crippen molar-refractivity contribution in [1.82, 2.24) is 4.98 Å². The molecule has 0 N–H and O–H groups in total. The van der Waals surface area contributed by atoms with Crippen LogP contribution in [0.4, 0.5) is 5.69 Å².